The van der Waals surface area contributed by atoms with Gasteiger partial charge in [0.15, 0.2) is 0 Å². The molecule has 5 heteroatoms. The van der Waals surface area contributed by atoms with Crippen LogP contribution in [0.5, 0.6) is 11.5 Å². The molecule has 0 heterocycles. The number of thioether (sulfide) groups is 2. The molecule has 0 aliphatic rings. The molecular weight excluding hydrogens is 401 g/mol. The van der Waals surface area contributed by atoms with E-state index in [9.17, 15) is 0 Å². The molecule has 140 valence electrons. The van der Waals surface area contributed by atoms with Crippen LogP contribution in [0.15, 0.2) is 58.3 Å². The lowest BCUT2D eigenvalue weighted by Crippen LogP contribution is -2.15. The van der Waals surface area contributed by atoms with Crippen LogP contribution in [0.3, 0.4) is 0 Å². The number of hydrogen-bond acceptors (Lipinski definition) is 3. The van der Waals surface area contributed by atoms with Crippen molar-refractivity contribution < 1.29 is 4.74 Å². The van der Waals surface area contributed by atoms with Crippen molar-refractivity contribution in [1.82, 2.24) is 0 Å². The van der Waals surface area contributed by atoms with Crippen molar-refractivity contribution in [3.63, 3.8) is 0 Å². The Hall–Kier alpha value is -1.51. The van der Waals surface area contributed by atoms with E-state index in [1.165, 1.54) is 0 Å². The zero-order valence-electron chi connectivity index (χ0n) is 16.8. The van der Waals surface area contributed by atoms with E-state index in [1.54, 1.807) is 23.5 Å². The van der Waals surface area contributed by atoms with Crippen LogP contribution in [-0.2, 0) is 0 Å². The fourth-order valence-electron chi connectivity index (χ4n) is 1.76. The number of benzene rings is 2. The molecule has 2 aromatic carbocycles. The molecule has 0 atom stereocenters. The van der Waals surface area contributed by atoms with Crippen molar-refractivity contribution in [2.75, 3.05) is 0 Å². The van der Waals surface area contributed by atoms with Gasteiger partial charge < -0.3 is 4.74 Å². The smallest absolute Gasteiger partial charge is 0.130 e. The Bertz CT molecular complexity index is 794. The fraction of sp³-hybridized carbons (Fsp3) is 0.273. The van der Waals surface area contributed by atoms with Gasteiger partial charge in [-0.05, 0) is 82.6 Å². The summed E-state index contributed by atoms with van der Waals surface area (Å²) in [7, 11) is -2.62. The lowest BCUT2D eigenvalue weighted by atomic mass is 10.3. The van der Waals surface area contributed by atoms with Gasteiger partial charge >= 0.3 is 0 Å². The zero-order chi connectivity index (χ0) is 19.9. The highest BCUT2D eigenvalue weighted by atomic mass is 32.2. The molecule has 1 nitrogen and oxygen atoms in total. The average molecular weight is 427 g/mol. The van der Waals surface area contributed by atoms with Gasteiger partial charge in [-0.25, -0.2) is 0 Å². The van der Waals surface area contributed by atoms with E-state index in [0.29, 0.717) is 0 Å². The lowest BCUT2D eigenvalue weighted by molar-refractivity contribution is 0.482. The second kappa shape index (κ2) is 9.62. The Kier molecular flexibility index (Phi) is 7.76. The summed E-state index contributed by atoms with van der Waals surface area (Å²) in [6, 6.07) is 16.1. The largest absolute Gasteiger partial charge is 0.457 e. The molecule has 0 fully saturated rings. The molecule has 0 bridgehead atoms. The minimum atomic E-state index is -1.31. The average Bonchev–Trinajstić information content (AvgIpc) is 2.56. The second-order valence-electron chi connectivity index (χ2n) is 8.20. The van der Waals surface area contributed by atoms with Gasteiger partial charge in [0.25, 0.3) is 0 Å². The Labute approximate surface area is 174 Å². The molecule has 0 unspecified atom stereocenters. The predicted molar refractivity (Wildman–Crippen MR) is 127 cm³/mol. The van der Waals surface area contributed by atoms with E-state index in [2.05, 4.69) is 85.1 Å². The van der Waals surface area contributed by atoms with Crippen molar-refractivity contribution in [2.24, 2.45) is 0 Å². The molecule has 0 radical (unpaired) electrons. The third-order valence-corrected chi connectivity index (χ3v) is 6.61. The molecular formula is C22H26OS2Si2. The molecule has 0 aliphatic heterocycles. The number of ether oxygens (including phenoxy) is 1. The van der Waals surface area contributed by atoms with E-state index >= 15 is 0 Å². The molecule has 0 aromatic heterocycles. The topological polar surface area (TPSA) is 9.23 Å². The fourth-order valence-corrected chi connectivity index (χ4v) is 5.40. The monoisotopic (exact) mass is 426 g/mol. The van der Waals surface area contributed by atoms with Crippen molar-refractivity contribution in [3.05, 3.63) is 48.5 Å². The van der Waals surface area contributed by atoms with Gasteiger partial charge in [0, 0.05) is 9.79 Å². The summed E-state index contributed by atoms with van der Waals surface area (Å²) in [6.45, 7) is 13.5. The van der Waals surface area contributed by atoms with Crippen LogP contribution >= 0.6 is 23.5 Å². The van der Waals surface area contributed by atoms with Gasteiger partial charge in [-0.3, -0.25) is 0 Å². The highest BCUT2D eigenvalue weighted by Gasteiger charge is 2.08. The first-order valence-electron chi connectivity index (χ1n) is 8.87. The molecule has 0 amide bonds. The van der Waals surface area contributed by atoms with E-state index in [1.807, 2.05) is 24.3 Å². The molecule has 2 rings (SSSR count). The third kappa shape index (κ3) is 9.31. The SMILES string of the molecule is C[Si](C)(C)C#CSc1ccc(Oc2ccc(SC#C[Si](C)(C)C)cc2)cc1. The summed E-state index contributed by atoms with van der Waals surface area (Å²) in [4.78, 5) is 2.28. The normalized spacial score (nSPS) is 11.0. The van der Waals surface area contributed by atoms with Crippen LogP contribution in [0.4, 0.5) is 0 Å². The maximum atomic E-state index is 5.93. The highest BCUT2D eigenvalue weighted by molar-refractivity contribution is 8.04. The van der Waals surface area contributed by atoms with E-state index in [4.69, 9.17) is 4.74 Å². The van der Waals surface area contributed by atoms with Gasteiger partial charge in [0.05, 0.1) is 0 Å². The minimum Gasteiger partial charge on any atom is -0.457 e. The summed E-state index contributed by atoms with van der Waals surface area (Å²) >= 11 is 3.16. The van der Waals surface area contributed by atoms with E-state index < -0.39 is 16.1 Å². The van der Waals surface area contributed by atoms with Gasteiger partial charge in [-0.15, -0.1) is 11.1 Å². The van der Waals surface area contributed by atoms with Crippen LogP contribution in [0, 0.1) is 21.6 Å². The molecule has 0 saturated carbocycles. The van der Waals surface area contributed by atoms with Gasteiger partial charge in [0.1, 0.15) is 27.6 Å². The second-order valence-corrected chi connectivity index (χ2v) is 19.5. The first-order chi connectivity index (χ1) is 12.6. The summed E-state index contributed by atoms with van der Waals surface area (Å²) in [5.74, 6) is 1.66. The van der Waals surface area contributed by atoms with Gasteiger partial charge in [-0.1, -0.05) is 39.3 Å². The van der Waals surface area contributed by atoms with Crippen molar-refractivity contribution in [2.45, 2.75) is 49.1 Å². The van der Waals surface area contributed by atoms with Crippen molar-refractivity contribution in [3.8, 4) is 33.1 Å². The van der Waals surface area contributed by atoms with Crippen molar-refractivity contribution >= 4 is 39.7 Å². The lowest BCUT2D eigenvalue weighted by Gasteiger charge is -2.07. The maximum absolute atomic E-state index is 5.93. The Morgan fingerprint density at radius 3 is 1.22 bits per heavy atom. The van der Waals surface area contributed by atoms with E-state index in [0.717, 1.165) is 21.3 Å². The molecule has 2 aromatic rings. The van der Waals surface area contributed by atoms with Crippen molar-refractivity contribution in [1.29, 1.82) is 0 Å². The van der Waals surface area contributed by atoms with Crippen LogP contribution in [0.1, 0.15) is 0 Å². The summed E-state index contributed by atoms with van der Waals surface area (Å²) < 4.78 is 5.93. The van der Waals surface area contributed by atoms with Gasteiger partial charge in [-0.2, -0.15) is 0 Å². The minimum absolute atomic E-state index is 0.830. The Morgan fingerprint density at radius 2 is 0.926 bits per heavy atom. The van der Waals surface area contributed by atoms with Crippen LogP contribution in [0.25, 0.3) is 0 Å². The van der Waals surface area contributed by atoms with Crippen LogP contribution in [-0.4, -0.2) is 16.1 Å². The molecule has 0 spiro atoms. The number of rotatable bonds is 4. The number of hydrogen-bond donors (Lipinski definition) is 0. The molecule has 0 saturated heterocycles. The molecule has 0 N–H and O–H groups in total. The Balaban J connectivity index is 1.93. The first kappa shape index (κ1) is 21.8. The Morgan fingerprint density at radius 1 is 0.593 bits per heavy atom. The van der Waals surface area contributed by atoms with Gasteiger partial charge in [0.2, 0.25) is 0 Å². The zero-order valence-corrected chi connectivity index (χ0v) is 20.5. The highest BCUT2D eigenvalue weighted by Crippen LogP contribution is 2.27. The predicted octanol–water partition coefficient (Wildman–Crippen LogP) is 7.34. The summed E-state index contributed by atoms with van der Waals surface area (Å²) in [6.07, 6.45) is 0. The standard InChI is InChI=1S/C22H26OS2Si2/c1-26(2,3)17-15-24-21-11-7-19(8-12-21)23-20-9-13-22(14-10-20)25-16-18-27(4,5)6/h7-14H,1-6H3. The summed E-state index contributed by atoms with van der Waals surface area (Å²) in [5.41, 5.74) is 6.73. The van der Waals surface area contributed by atoms with Crippen LogP contribution in [0.2, 0.25) is 39.3 Å². The van der Waals surface area contributed by atoms with E-state index in [-0.39, 0.29) is 0 Å². The first-order valence-corrected chi connectivity index (χ1v) is 17.5. The molecule has 27 heavy (non-hydrogen) atoms. The molecule has 0 aliphatic carbocycles. The third-order valence-electron chi connectivity index (χ3n) is 3.07. The van der Waals surface area contributed by atoms with Crippen LogP contribution < -0.4 is 4.74 Å². The summed E-state index contributed by atoms with van der Waals surface area (Å²) in [5, 5.41) is 6.44. The maximum Gasteiger partial charge on any atom is 0.130 e. The quantitative estimate of drug-likeness (QED) is 0.287.